The second kappa shape index (κ2) is 8.11. The fourth-order valence-corrected chi connectivity index (χ4v) is 4.01. The molecule has 160 valence electrons. The van der Waals surface area contributed by atoms with Crippen LogP contribution in [0.3, 0.4) is 0 Å². The van der Waals surface area contributed by atoms with Gasteiger partial charge in [0, 0.05) is 5.57 Å². The van der Waals surface area contributed by atoms with Crippen molar-refractivity contribution in [1.82, 2.24) is 20.6 Å². The van der Waals surface area contributed by atoms with Gasteiger partial charge >= 0.3 is 6.03 Å². The van der Waals surface area contributed by atoms with Crippen LogP contribution in [0.4, 0.5) is 4.79 Å². The number of para-hydroxylation sites is 2. The summed E-state index contributed by atoms with van der Waals surface area (Å²) in [6.45, 7) is 0. The summed E-state index contributed by atoms with van der Waals surface area (Å²) in [7, 11) is 3.19. The number of nitrogens with one attached hydrogen (secondary N) is 3. The van der Waals surface area contributed by atoms with E-state index in [9.17, 15) is 4.79 Å². The van der Waals surface area contributed by atoms with Crippen LogP contribution in [0.15, 0.2) is 72.8 Å². The molecule has 0 aliphatic carbocycles. The molecule has 1 unspecified atom stereocenters. The highest BCUT2D eigenvalue weighted by molar-refractivity contribution is 6.02. The molecule has 4 aromatic rings. The normalized spacial score (nSPS) is 15.9. The van der Waals surface area contributed by atoms with E-state index >= 15 is 0 Å². The Hall–Kier alpha value is -4.26. The van der Waals surface area contributed by atoms with Gasteiger partial charge in [0.2, 0.25) is 0 Å². The molecule has 0 fully saturated rings. The van der Waals surface area contributed by atoms with Gasteiger partial charge in [0.25, 0.3) is 0 Å². The molecule has 7 heteroatoms. The minimum Gasteiger partial charge on any atom is -0.493 e. The van der Waals surface area contributed by atoms with Crippen molar-refractivity contribution in [1.29, 1.82) is 0 Å². The van der Waals surface area contributed by atoms with Gasteiger partial charge in [-0.2, -0.15) is 0 Å². The SMILES string of the molecule is COc1ccc(C2NC(=O)NC(c3ccccc3)=C2c2nc3ccccc3[nH]2)cc1OC. The number of ether oxygens (including phenoxy) is 2. The Kier molecular flexibility index (Phi) is 4.99. The third-order valence-electron chi connectivity index (χ3n) is 5.52. The van der Waals surface area contributed by atoms with Crippen LogP contribution in [0, 0.1) is 0 Å². The van der Waals surface area contributed by atoms with E-state index in [1.165, 1.54) is 0 Å². The van der Waals surface area contributed by atoms with Crippen molar-refractivity contribution in [2.24, 2.45) is 0 Å². The number of hydrogen-bond acceptors (Lipinski definition) is 4. The lowest BCUT2D eigenvalue weighted by Crippen LogP contribution is -2.43. The Balaban J connectivity index is 1.75. The second-order valence-electron chi connectivity index (χ2n) is 7.40. The number of amides is 2. The highest BCUT2D eigenvalue weighted by Gasteiger charge is 2.32. The Morgan fingerprint density at radius 1 is 0.875 bits per heavy atom. The molecular formula is C25H22N4O3. The van der Waals surface area contributed by atoms with Crippen LogP contribution in [0.2, 0.25) is 0 Å². The van der Waals surface area contributed by atoms with Gasteiger partial charge in [-0.1, -0.05) is 48.5 Å². The minimum absolute atomic E-state index is 0.288. The third-order valence-corrected chi connectivity index (χ3v) is 5.52. The molecule has 3 N–H and O–H groups in total. The van der Waals surface area contributed by atoms with Crippen LogP contribution >= 0.6 is 0 Å². The molecule has 32 heavy (non-hydrogen) atoms. The van der Waals surface area contributed by atoms with E-state index in [1.54, 1.807) is 14.2 Å². The maximum absolute atomic E-state index is 12.7. The molecule has 0 spiro atoms. The van der Waals surface area contributed by atoms with Crippen molar-refractivity contribution in [3.8, 4) is 11.5 Å². The molecule has 1 atom stereocenters. The highest BCUT2D eigenvalue weighted by Crippen LogP contribution is 2.40. The molecule has 0 saturated heterocycles. The molecule has 5 rings (SSSR count). The topological polar surface area (TPSA) is 88.3 Å². The van der Waals surface area contributed by atoms with Crippen molar-refractivity contribution < 1.29 is 14.3 Å². The number of fused-ring (bicyclic) bond motifs is 1. The van der Waals surface area contributed by atoms with E-state index in [0.717, 1.165) is 27.7 Å². The summed E-state index contributed by atoms with van der Waals surface area (Å²) in [6.07, 6.45) is 0. The molecule has 0 bridgehead atoms. The van der Waals surface area contributed by atoms with E-state index in [1.807, 2.05) is 72.8 Å². The first-order valence-electron chi connectivity index (χ1n) is 10.2. The summed E-state index contributed by atoms with van der Waals surface area (Å²) in [4.78, 5) is 21.0. The van der Waals surface area contributed by atoms with Crippen LogP contribution < -0.4 is 20.1 Å². The van der Waals surface area contributed by atoms with Gasteiger partial charge < -0.3 is 25.1 Å². The molecule has 1 aliphatic rings. The maximum atomic E-state index is 12.7. The predicted octanol–water partition coefficient (Wildman–Crippen LogP) is 4.50. The first kappa shape index (κ1) is 19.7. The number of benzene rings is 3. The first-order chi connectivity index (χ1) is 15.7. The number of nitrogens with zero attached hydrogens (tertiary/aromatic N) is 1. The van der Waals surface area contributed by atoms with E-state index in [4.69, 9.17) is 14.5 Å². The van der Waals surface area contributed by atoms with Crippen LogP contribution in [0.1, 0.15) is 23.0 Å². The first-order valence-corrected chi connectivity index (χ1v) is 10.2. The predicted molar refractivity (Wildman–Crippen MR) is 123 cm³/mol. The molecule has 2 amide bonds. The Morgan fingerprint density at radius 3 is 2.38 bits per heavy atom. The van der Waals surface area contributed by atoms with Gasteiger partial charge in [-0.15, -0.1) is 0 Å². The fourth-order valence-electron chi connectivity index (χ4n) is 4.01. The average molecular weight is 426 g/mol. The molecule has 3 aromatic carbocycles. The van der Waals surface area contributed by atoms with E-state index in [2.05, 4.69) is 15.6 Å². The second-order valence-corrected chi connectivity index (χ2v) is 7.40. The number of methoxy groups -OCH3 is 2. The summed E-state index contributed by atoms with van der Waals surface area (Å²) in [5, 5.41) is 6.04. The lowest BCUT2D eigenvalue weighted by atomic mass is 9.92. The smallest absolute Gasteiger partial charge is 0.320 e. The van der Waals surface area contributed by atoms with E-state index in [0.29, 0.717) is 23.0 Å². The van der Waals surface area contributed by atoms with Crippen LogP contribution in [-0.4, -0.2) is 30.2 Å². The monoisotopic (exact) mass is 426 g/mol. The summed E-state index contributed by atoms with van der Waals surface area (Å²) >= 11 is 0. The molecular weight excluding hydrogens is 404 g/mol. The standard InChI is InChI=1S/C25H22N4O3/c1-31-19-13-12-16(14-20(19)32-2)23-21(24-26-17-10-6-7-11-18(17)27-24)22(28-25(30)29-23)15-8-4-3-5-9-15/h3-14,23H,1-2H3,(H,26,27)(H2,28,29,30). The molecule has 1 aliphatic heterocycles. The number of aromatic nitrogens is 2. The summed E-state index contributed by atoms with van der Waals surface area (Å²) in [5.74, 6) is 1.88. The molecule has 1 aromatic heterocycles. The van der Waals surface area contributed by atoms with Gasteiger partial charge in [-0.3, -0.25) is 0 Å². The average Bonchev–Trinajstić information content (AvgIpc) is 3.27. The van der Waals surface area contributed by atoms with Gasteiger partial charge in [-0.05, 0) is 35.4 Å². The Morgan fingerprint density at radius 2 is 1.62 bits per heavy atom. The largest absolute Gasteiger partial charge is 0.493 e. The third kappa shape index (κ3) is 3.43. The zero-order valence-corrected chi connectivity index (χ0v) is 17.7. The number of rotatable bonds is 5. The number of imidazole rings is 1. The van der Waals surface area contributed by atoms with Gasteiger partial charge in [0.05, 0.1) is 37.0 Å². The van der Waals surface area contributed by atoms with Crippen molar-refractivity contribution >= 4 is 28.3 Å². The van der Waals surface area contributed by atoms with Crippen molar-refractivity contribution in [2.75, 3.05) is 14.2 Å². The van der Waals surface area contributed by atoms with Gasteiger partial charge in [0.15, 0.2) is 11.5 Å². The number of carbonyl (C=O) groups excluding carboxylic acids is 1. The van der Waals surface area contributed by atoms with Crippen LogP contribution in [0.5, 0.6) is 11.5 Å². The number of urea groups is 1. The number of aromatic amines is 1. The van der Waals surface area contributed by atoms with Crippen molar-refractivity contribution in [3.63, 3.8) is 0 Å². The van der Waals surface area contributed by atoms with Crippen LogP contribution in [0.25, 0.3) is 22.3 Å². The molecule has 0 saturated carbocycles. The summed E-state index contributed by atoms with van der Waals surface area (Å²) < 4.78 is 10.9. The fraction of sp³-hybridized carbons (Fsp3) is 0.120. The van der Waals surface area contributed by atoms with E-state index in [-0.39, 0.29) is 6.03 Å². The number of hydrogen-bond donors (Lipinski definition) is 3. The molecule has 7 nitrogen and oxygen atoms in total. The highest BCUT2D eigenvalue weighted by atomic mass is 16.5. The quantitative estimate of drug-likeness (QED) is 0.438. The molecule has 0 radical (unpaired) electrons. The van der Waals surface area contributed by atoms with Crippen molar-refractivity contribution in [3.05, 3.63) is 89.7 Å². The Labute approximate surface area is 185 Å². The lowest BCUT2D eigenvalue weighted by Gasteiger charge is -2.30. The van der Waals surface area contributed by atoms with E-state index < -0.39 is 6.04 Å². The maximum Gasteiger partial charge on any atom is 0.320 e. The Bertz CT molecular complexity index is 1290. The lowest BCUT2D eigenvalue weighted by molar-refractivity contribution is 0.242. The van der Waals surface area contributed by atoms with Crippen molar-refractivity contribution in [2.45, 2.75) is 6.04 Å². The summed E-state index contributed by atoms with van der Waals surface area (Å²) in [6, 6.07) is 22.5. The zero-order valence-electron chi connectivity index (χ0n) is 17.7. The van der Waals surface area contributed by atoms with Gasteiger partial charge in [-0.25, -0.2) is 9.78 Å². The summed E-state index contributed by atoms with van der Waals surface area (Å²) in [5.41, 5.74) is 5.05. The van der Waals surface area contributed by atoms with Gasteiger partial charge in [0.1, 0.15) is 5.82 Å². The van der Waals surface area contributed by atoms with Crippen LogP contribution in [-0.2, 0) is 0 Å². The zero-order chi connectivity index (χ0) is 22.1. The molecule has 2 heterocycles. The minimum atomic E-state index is -0.459. The number of carbonyl (C=O) groups is 1. The number of H-pyrrole nitrogens is 1.